The minimum absolute atomic E-state index is 0.0753. The van der Waals surface area contributed by atoms with Crippen LogP contribution < -0.4 is 0 Å². The third kappa shape index (κ3) is 3.58. The maximum Gasteiger partial charge on any atom is 0.307 e. The lowest BCUT2D eigenvalue weighted by Crippen LogP contribution is -2.37. The fraction of sp³-hybridized carbons (Fsp3) is 0.562. The van der Waals surface area contributed by atoms with Gasteiger partial charge in [-0.15, -0.1) is 0 Å². The number of methoxy groups -OCH3 is 2. The maximum atomic E-state index is 11.7. The minimum atomic E-state index is -0.165. The molecule has 2 rings (SSSR count). The summed E-state index contributed by atoms with van der Waals surface area (Å²) in [5, 5.41) is 0. The van der Waals surface area contributed by atoms with E-state index in [-0.39, 0.29) is 12.0 Å². The third-order valence-electron chi connectivity index (χ3n) is 3.95. The second-order valence-corrected chi connectivity index (χ2v) is 5.20. The van der Waals surface area contributed by atoms with Crippen LogP contribution in [0.2, 0.25) is 0 Å². The van der Waals surface area contributed by atoms with Crippen LogP contribution in [-0.2, 0) is 14.3 Å². The fourth-order valence-electron chi connectivity index (χ4n) is 2.98. The largest absolute Gasteiger partial charge is 0.469 e. The average Bonchev–Trinajstić information content (AvgIpc) is 2.94. The summed E-state index contributed by atoms with van der Waals surface area (Å²) in [6.07, 6.45) is 2.66. The van der Waals surface area contributed by atoms with Gasteiger partial charge in [0.2, 0.25) is 0 Å². The first kappa shape index (κ1) is 15.0. The number of esters is 1. The van der Waals surface area contributed by atoms with Crippen LogP contribution in [0.4, 0.5) is 0 Å². The van der Waals surface area contributed by atoms with E-state index in [0.29, 0.717) is 19.1 Å². The van der Waals surface area contributed by atoms with Gasteiger partial charge in [-0.3, -0.25) is 9.69 Å². The van der Waals surface area contributed by atoms with E-state index < -0.39 is 0 Å². The predicted octanol–water partition coefficient (Wildman–Crippen LogP) is 2.40. The summed E-state index contributed by atoms with van der Waals surface area (Å²) in [7, 11) is 3.18. The summed E-state index contributed by atoms with van der Waals surface area (Å²) in [5.74, 6) is -0.165. The first-order chi connectivity index (χ1) is 9.76. The fourth-order valence-corrected chi connectivity index (χ4v) is 2.98. The van der Waals surface area contributed by atoms with Crippen LogP contribution in [0.15, 0.2) is 30.3 Å². The zero-order valence-corrected chi connectivity index (χ0v) is 12.2. The molecule has 0 aromatic heterocycles. The third-order valence-corrected chi connectivity index (χ3v) is 3.95. The molecule has 2 atom stereocenters. The Kier molecular flexibility index (Phi) is 5.56. The molecule has 0 aliphatic carbocycles. The Morgan fingerprint density at radius 1 is 1.35 bits per heavy atom. The summed E-state index contributed by atoms with van der Waals surface area (Å²) in [6, 6.07) is 10.6. The molecule has 0 N–H and O–H groups in total. The molecule has 110 valence electrons. The van der Waals surface area contributed by atoms with E-state index in [2.05, 4.69) is 17.0 Å². The van der Waals surface area contributed by atoms with Crippen molar-refractivity contribution in [3.05, 3.63) is 35.9 Å². The molecule has 1 saturated heterocycles. The predicted molar refractivity (Wildman–Crippen MR) is 77.4 cm³/mol. The number of hydrogen-bond acceptors (Lipinski definition) is 4. The normalized spacial score (nSPS) is 20.8. The topological polar surface area (TPSA) is 38.8 Å². The minimum Gasteiger partial charge on any atom is -0.469 e. The molecule has 1 unspecified atom stereocenters. The lowest BCUT2D eigenvalue weighted by Gasteiger charge is -2.32. The second kappa shape index (κ2) is 7.41. The molecule has 1 aliphatic heterocycles. The molecule has 20 heavy (non-hydrogen) atoms. The van der Waals surface area contributed by atoms with E-state index >= 15 is 0 Å². The molecule has 4 nitrogen and oxygen atoms in total. The van der Waals surface area contributed by atoms with Crippen molar-refractivity contribution in [2.45, 2.75) is 31.3 Å². The Hall–Kier alpha value is -1.39. The van der Waals surface area contributed by atoms with Gasteiger partial charge in [0, 0.05) is 19.2 Å². The number of hydrogen-bond donors (Lipinski definition) is 0. The van der Waals surface area contributed by atoms with Crippen molar-refractivity contribution in [1.29, 1.82) is 0 Å². The van der Waals surface area contributed by atoms with E-state index in [1.165, 1.54) is 12.7 Å². The van der Waals surface area contributed by atoms with Gasteiger partial charge in [-0.25, -0.2) is 0 Å². The lowest BCUT2D eigenvalue weighted by atomic mass is 10.0. The van der Waals surface area contributed by atoms with Gasteiger partial charge in [0.05, 0.1) is 20.1 Å². The van der Waals surface area contributed by atoms with E-state index in [1.54, 1.807) is 7.11 Å². The first-order valence-electron chi connectivity index (χ1n) is 7.12. The maximum absolute atomic E-state index is 11.7. The van der Waals surface area contributed by atoms with E-state index in [0.717, 1.165) is 19.4 Å². The monoisotopic (exact) mass is 277 g/mol. The van der Waals surface area contributed by atoms with Crippen molar-refractivity contribution in [2.75, 3.05) is 27.4 Å². The van der Waals surface area contributed by atoms with Crippen LogP contribution >= 0.6 is 0 Å². The molecule has 0 radical (unpaired) electrons. The molecule has 1 fully saturated rings. The SMILES string of the molecule is COC[C@@H]1CCCN1C(CC(=O)OC)c1ccccc1. The van der Waals surface area contributed by atoms with Crippen LogP contribution in [0.25, 0.3) is 0 Å². The Labute approximate surface area is 120 Å². The molecule has 1 aromatic rings. The van der Waals surface area contributed by atoms with Gasteiger partial charge < -0.3 is 9.47 Å². The van der Waals surface area contributed by atoms with Crippen molar-refractivity contribution in [3.63, 3.8) is 0 Å². The van der Waals surface area contributed by atoms with Gasteiger partial charge in [-0.2, -0.15) is 0 Å². The average molecular weight is 277 g/mol. The summed E-state index contributed by atoms with van der Waals surface area (Å²) < 4.78 is 10.2. The van der Waals surface area contributed by atoms with Gasteiger partial charge in [0.25, 0.3) is 0 Å². The van der Waals surface area contributed by atoms with Gasteiger partial charge in [-0.05, 0) is 24.9 Å². The molecule has 0 bridgehead atoms. The summed E-state index contributed by atoms with van der Waals surface area (Å²) >= 11 is 0. The number of carbonyl (C=O) groups is 1. The van der Waals surface area contributed by atoms with E-state index in [1.807, 2.05) is 18.2 Å². The molecule has 0 spiro atoms. The molecule has 1 heterocycles. The molecule has 0 amide bonds. The van der Waals surface area contributed by atoms with Gasteiger partial charge in [-0.1, -0.05) is 30.3 Å². The highest BCUT2D eigenvalue weighted by Crippen LogP contribution is 2.32. The van der Waals surface area contributed by atoms with Crippen LogP contribution in [0.3, 0.4) is 0 Å². The Morgan fingerprint density at radius 2 is 2.10 bits per heavy atom. The molecule has 1 aliphatic rings. The zero-order valence-electron chi connectivity index (χ0n) is 12.2. The Morgan fingerprint density at radius 3 is 2.75 bits per heavy atom. The quantitative estimate of drug-likeness (QED) is 0.749. The van der Waals surface area contributed by atoms with Crippen molar-refractivity contribution in [2.24, 2.45) is 0 Å². The molecule has 1 aromatic carbocycles. The highest BCUT2D eigenvalue weighted by atomic mass is 16.5. The van der Waals surface area contributed by atoms with Gasteiger partial charge >= 0.3 is 5.97 Å². The Balaban J connectivity index is 2.19. The number of likely N-dealkylation sites (tertiary alicyclic amines) is 1. The van der Waals surface area contributed by atoms with Crippen LogP contribution in [0.5, 0.6) is 0 Å². The smallest absolute Gasteiger partial charge is 0.307 e. The highest BCUT2D eigenvalue weighted by Gasteiger charge is 2.32. The zero-order chi connectivity index (χ0) is 14.4. The lowest BCUT2D eigenvalue weighted by molar-refractivity contribution is -0.142. The van der Waals surface area contributed by atoms with Crippen molar-refractivity contribution in [3.8, 4) is 0 Å². The van der Waals surface area contributed by atoms with Crippen molar-refractivity contribution >= 4 is 5.97 Å². The van der Waals surface area contributed by atoms with E-state index in [9.17, 15) is 4.79 Å². The van der Waals surface area contributed by atoms with Crippen molar-refractivity contribution in [1.82, 2.24) is 4.90 Å². The van der Waals surface area contributed by atoms with Crippen LogP contribution in [0.1, 0.15) is 30.9 Å². The highest BCUT2D eigenvalue weighted by molar-refractivity contribution is 5.70. The standard InChI is InChI=1S/C16H23NO3/c1-19-12-14-9-6-10-17(14)15(11-16(18)20-2)13-7-4-3-5-8-13/h3-5,7-8,14-15H,6,9-12H2,1-2H3/t14-,15?/m0/s1. The number of rotatable bonds is 6. The molecular formula is C16H23NO3. The first-order valence-corrected chi connectivity index (χ1v) is 7.12. The number of benzene rings is 1. The molecule has 4 heteroatoms. The summed E-state index contributed by atoms with van der Waals surface area (Å²) in [6.45, 7) is 1.72. The Bertz CT molecular complexity index is 421. The molecular weight excluding hydrogens is 254 g/mol. The second-order valence-electron chi connectivity index (χ2n) is 5.20. The van der Waals surface area contributed by atoms with Crippen LogP contribution in [-0.4, -0.2) is 44.3 Å². The molecule has 0 saturated carbocycles. The number of nitrogens with zero attached hydrogens (tertiary/aromatic N) is 1. The summed E-state index contributed by atoms with van der Waals surface area (Å²) in [5.41, 5.74) is 1.17. The van der Waals surface area contributed by atoms with Crippen molar-refractivity contribution < 1.29 is 14.3 Å². The number of ether oxygens (including phenoxy) is 2. The summed E-state index contributed by atoms with van der Waals surface area (Å²) in [4.78, 5) is 14.1. The van der Waals surface area contributed by atoms with Gasteiger partial charge in [0.1, 0.15) is 0 Å². The number of carbonyl (C=O) groups excluding carboxylic acids is 1. The van der Waals surface area contributed by atoms with Gasteiger partial charge in [0.15, 0.2) is 0 Å². The van der Waals surface area contributed by atoms with Crippen LogP contribution in [0, 0.1) is 0 Å². The van der Waals surface area contributed by atoms with E-state index in [4.69, 9.17) is 9.47 Å².